The molecule has 0 saturated heterocycles. The van der Waals surface area contributed by atoms with E-state index in [0.29, 0.717) is 5.92 Å². The first-order valence-corrected chi connectivity index (χ1v) is 6.61. The zero-order valence-corrected chi connectivity index (χ0v) is 11.8. The van der Waals surface area contributed by atoms with Crippen molar-refractivity contribution in [3.63, 3.8) is 0 Å². The number of aryl methyl sites for hydroxylation is 1. The van der Waals surface area contributed by atoms with E-state index in [1.165, 1.54) is 5.56 Å². The summed E-state index contributed by atoms with van der Waals surface area (Å²) in [6.45, 7) is 11.0. The van der Waals surface area contributed by atoms with Gasteiger partial charge in [-0.05, 0) is 35.3 Å². The highest BCUT2D eigenvalue weighted by atomic mass is 16.3. The molecule has 0 aliphatic heterocycles. The van der Waals surface area contributed by atoms with Crippen molar-refractivity contribution in [1.82, 2.24) is 0 Å². The zero-order chi connectivity index (χ0) is 13.1. The Morgan fingerprint density at radius 2 is 1.88 bits per heavy atom. The predicted octanol–water partition coefficient (Wildman–Crippen LogP) is 4.35. The molecule has 96 valence electrons. The van der Waals surface area contributed by atoms with Gasteiger partial charge in [0, 0.05) is 0 Å². The third-order valence-corrected chi connectivity index (χ3v) is 3.80. The smallest absolute Gasteiger partial charge is 0.0792 e. The number of rotatable bonds is 4. The molecule has 1 heteroatoms. The number of aliphatic hydroxyl groups is 1. The highest BCUT2D eigenvalue weighted by Crippen LogP contribution is 2.33. The van der Waals surface area contributed by atoms with Gasteiger partial charge in [-0.15, -0.1) is 0 Å². The van der Waals surface area contributed by atoms with E-state index in [4.69, 9.17) is 0 Å². The van der Waals surface area contributed by atoms with Gasteiger partial charge in [0.05, 0.1) is 6.10 Å². The second kappa shape index (κ2) is 5.68. The molecule has 1 rings (SSSR count). The van der Waals surface area contributed by atoms with Crippen LogP contribution in [0.25, 0.3) is 0 Å². The van der Waals surface area contributed by atoms with Crippen LogP contribution in [-0.4, -0.2) is 5.11 Å². The van der Waals surface area contributed by atoms with Gasteiger partial charge in [0.1, 0.15) is 0 Å². The summed E-state index contributed by atoms with van der Waals surface area (Å²) in [5.41, 5.74) is 2.61. The average molecular weight is 234 g/mol. The summed E-state index contributed by atoms with van der Waals surface area (Å²) in [5.74, 6) is 0.503. The van der Waals surface area contributed by atoms with Gasteiger partial charge in [0.15, 0.2) is 0 Å². The highest BCUT2D eigenvalue weighted by molar-refractivity contribution is 5.25. The fraction of sp³-hybridized carbons (Fsp3) is 0.625. The van der Waals surface area contributed by atoms with E-state index in [2.05, 4.69) is 46.8 Å². The Balaban J connectivity index is 2.72. The Bertz CT molecular complexity index is 349. The van der Waals surface area contributed by atoms with E-state index in [1.54, 1.807) is 0 Å². The van der Waals surface area contributed by atoms with E-state index in [-0.39, 0.29) is 11.5 Å². The lowest BCUT2D eigenvalue weighted by Gasteiger charge is -2.29. The topological polar surface area (TPSA) is 20.2 Å². The molecule has 1 aromatic carbocycles. The minimum Gasteiger partial charge on any atom is -0.388 e. The van der Waals surface area contributed by atoms with E-state index in [0.717, 1.165) is 18.4 Å². The zero-order valence-electron chi connectivity index (χ0n) is 11.8. The van der Waals surface area contributed by atoms with Gasteiger partial charge in [0.25, 0.3) is 0 Å². The summed E-state index contributed by atoms with van der Waals surface area (Å²) in [6.07, 6.45) is 1.52. The predicted molar refractivity (Wildman–Crippen MR) is 74.0 cm³/mol. The average Bonchev–Trinajstić information content (AvgIpc) is 2.27. The van der Waals surface area contributed by atoms with Crippen LogP contribution in [0.4, 0.5) is 0 Å². The monoisotopic (exact) mass is 234 g/mol. The van der Waals surface area contributed by atoms with Crippen molar-refractivity contribution < 1.29 is 5.11 Å². The van der Waals surface area contributed by atoms with Crippen LogP contribution in [0.2, 0.25) is 0 Å². The van der Waals surface area contributed by atoms with Crippen molar-refractivity contribution in [2.75, 3.05) is 0 Å². The Kier molecular flexibility index (Phi) is 4.76. The molecule has 0 heterocycles. The molecule has 0 radical (unpaired) electrons. The molecule has 0 bridgehead atoms. The molecule has 1 aromatic rings. The molecule has 0 aromatic heterocycles. The second-order valence-electron chi connectivity index (χ2n) is 6.12. The summed E-state index contributed by atoms with van der Waals surface area (Å²) < 4.78 is 0. The Labute approximate surface area is 106 Å². The molecule has 0 amide bonds. The lowest BCUT2D eigenvalue weighted by atomic mass is 9.78. The van der Waals surface area contributed by atoms with Crippen LogP contribution in [0.5, 0.6) is 0 Å². The fourth-order valence-electron chi connectivity index (χ4n) is 1.84. The van der Waals surface area contributed by atoms with Gasteiger partial charge in [-0.25, -0.2) is 0 Å². The van der Waals surface area contributed by atoms with Crippen molar-refractivity contribution >= 4 is 0 Å². The summed E-state index contributed by atoms with van der Waals surface area (Å²) >= 11 is 0. The first kappa shape index (κ1) is 14.2. The normalized spacial score (nSPS) is 15.6. The van der Waals surface area contributed by atoms with Crippen molar-refractivity contribution in [2.45, 2.75) is 53.6 Å². The number of hydrogen-bond donors (Lipinski definition) is 1. The largest absolute Gasteiger partial charge is 0.388 e. The Morgan fingerprint density at radius 1 is 1.24 bits per heavy atom. The van der Waals surface area contributed by atoms with E-state index >= 15 is 0 Å². The van der Waals surface area contributed by atoms with Gasteiger partial charge in [-0.3, -0.25) is 0 Å². The second-order valence-corrected chi connectivity index (χ2v) is 6.12. The molecule has 2 unspecified atom stereocenters. The maximum Gasteiger partial charge on any atom is 0.0792 e. The number of hydrogen-bond acceptors (Lipinski definition) is 1. The highest BCUT2D eigenvalue weighted by Gasteiger charge is 2.23. The summed E-state index contributed by atoms with van der Waals surface area (Å²) in [5, 5.41) is 10.3. The first-order chi connectivity index (χ1) is 7.84. The van der Waals surface area contributed by atoms with Crippen molar-refractivity contribution in [1.29, 1.82) is 0 Å². The quantitative estimate of drug-likeness (QED) is 0.821. The molecule has 0 spiro atoms. The summed E-state index contributed by atoms with van der Waals surface area (Å²) in [6, 6.07) is 8.31. The SMILES string of the molecule is CCc1cccc(C(O)CC(C)C(C)(C)C)c1. The van der Waals surface area contributed by atoms with Crippen LogP contribution in [0.15, 0.2) is 24.3 Å². The van der Waals surface area contributed by atoms with Crippen LogP contribution < -0.4 is 0 Å². The van der Waals surface area contributed by atoms with Gasteiger partial charge in [-0.2, -0.15) is 0 Å². The fourth-order valence-corrected chi connectivity index (χ4v) is 1.84. The van der Waals surface area contributed by atoms with Crippen molar-refractivity contribution in [3.8, 4) is 0 Å². The van der Waals surface area contributed by atoms with Crippen LogP contribution in [0.3, 0.4) is 0 Å². The molecular formula is C16H26O. The van der Waals surface area contributed by atoms with Crippen molar-refractivity contribution in [2.24, 2.45) is 11.3 Å². The van der Waals surface area contributed by atoms with Gasteiger partial charge < -0.3 is 5.11 Å². The first-order valence-electron chi connectivity index (χ1n) is 6.61. The molecule has 0 saturated carbocycles. The Hall–Kier alpha value is -0.820. The maximum atomic E-state index is 10.3. The van der Waals surface area contributed by atoms with Gasteiger partial charge >= 0.3 is 0 Å². The lowest BCUT2D eigenvalue weighted by Crippen LogP contribution is -2.19. The van der Waals surface area contributed by atoms with Crippen LogP contribution in [0.1, 0.15) is 58.3 Å². The third kappa shape index (κ3) is 4.16. The molecule has 0 aliphatic rings. The standard InChI is InChI=1S/C16H26O/c1-6-13-8-7-9-14(11-13)15(17)10-12(2)16(3,4)5/h7-9,11-12,15,17H,6,10H2,1-5H3. The molecular weight excluding hydrogens is 208 g/mol. The van der Waals surface area contributed by atoms with Crippen LogP contribution in [0, 0.1) is 11.3 Å². The van der Waals surface area contributed by atoms with E-state index in [1.807, 2.05) is 12.1 Å². The summed E-state index contributed by atoms with van der Waals surface area (Å²) in [7, 11) is 0. The number of aliphatic hydroxyl groups excluding tert-OH is 1. The molecule has 0 fully saturated rings. The van der Waals surface area contributed by atoms with Crippen LogP contribution in [-0.2, 0) is 6.42 Å². The maximum absolute atomic E-state index is 10.3. The molecule has 1 nitrogen and oxygen atoms in total. The van der Waals surface area contributed by atoms with Gasteiger partial charge in [-0.1, -0.05) is 58.9 Å². The molecule has 0 aliphatic carbocycles. The van der Waals surface area contributed by atoms with Gasteiger partial charge in [0.2, 0.25) is 0 Å². The Morgan fingerprint density at radius 3 is 2.41 bits per heavy atom. The minimum absolute atomic E-state index is 0.253. The summed E-state index contributed by atoms with van der Waals surface area (Å²) in [4.78, 5) is 0. The lowest BCUT2D eigenvalue weighted by molar-refractivity contribution is 0.111. The van der Waals surface area contributed by atoms with E-state index in [9.17, 15) is 5.11 Å². The third-order valence-electron chi connectivity index (χ3n) is 3.80. The molecule has 17 heavy (non-hydrogen) atoms. The van der Waals surface area contributed by atoms with Crippen LogP contribution >= 0.6 is 0 Å². The minimum atomic E-state index is -0.337. The van der Waals surface area contributed by atoms with Crippen molar-refractivity contribution in [3.05, 3.63) is 35.4 Å². The molecule has 1 N–H and O–H groups in total. The molecule has 2 atom stereocenters. The van der Waals surface area contributed by atoms with E-state index < -0.39 is 0 Å². The number of benzene rings is 1.